The summed E-state index contributed by atoms with van der Waals surface area (Å²) in [6.07, 6.45) is 1.42. The average molecular weight is 343 g/mol. The number of pyridine rings is 1. The monoisotopic (exact) mass is 342 g/mol. The van der Waals surface area contributed by atoms with Crippen LogP contribution in [0, 0.1) is 17.1 Å². The molecule has 3 rings (SSSR count). The molecule has 0 atom stereocenters. The predicted molar refractivity (Wildman–Crippen MR) is 80.6 cm³/mol. The Hall–Kier alpha value is -2.45. The largest absolute Gasteiger partial charge is 0.452 e. The van der Waals surface area contributed by atoms with Crippen LogP contribution in [0.1, 0.15) is 5.56 Å². The van der Waals surface area contributed by atoms with E-state index in [0.29, 0.717) is 21.1 Å². The Morgan fingerprint density at radius 1 is 1.19 bits per heavy atom. The van der Waals surface area contributed by atoms with Crippen molar-refractivity contribution in [2.75, 3.05) is 0 Å². The molecule has 21 heavy (non-hydrogen) atoms. The van der Waals surface area contributed by atoms with Gasteiger partial charge in [-0.3, -0.25) is 4.98 Å². The van der Waals surface area contributed by atoms with Gasteiger partial charge in [0.25, 0.3) is 0 Å². The SMILES string of the molecule is N#Cc1cnc2ccccc2c1Oc1cc(Br)ccc1F. The summed E-state index contributed by atoms with van der Waals surface area (Å²) in [6.45, 7) is 0. The zero-order chi connectivity index (χ0) is 14.8. The normalized spacial score (nSPS) is 10.3. The van der Waals surface area contributed by atoms with Gasteiger partial charge in [-0.25, -0.2) is 4.39 Å². The van der Waals surface area contributed by atoms with Crippen molar-refractivity contribution in [1.29, 1.82) is 5.26 Å². The molecule has 0 fully saturated rings. The second-order valence-corrected chi connectivity index (χ2v) is 5.22. The van der Waals surface area contributed by atoms with E-state index in [1.165, 1.54) is 18.3 Å². The summed E-state index contributed by atoms with van der Waals surface area (Å²) in [7, 11) is 0. The summed E-state index contributed by atoms with van der Waals surface area (Å²) in [6, 6.07) is 13.7. The number of hydrogen-bond acceptors (Lipinski definition) is 3. The molecule has 1 heterocycles. The highest BCUT2D eigenvalue weighted by atomic mass is 79.9. The maximum atomic E-state index is 13.8. The number of nitrogens with zero attached hydrogens (tertiary/aromatic N) is 2. The van der Waals surface area contributed by atoms with E-state index in [-0.39, 0.29) is 11.3 Å². The molecule has 3 aromatic rings. The van der Waals surface area contributed by atoms with Gasteiger partial charge in [0.15, 0.2) is 17.3 Å². The van der Waals surface area contributed by atoms with Crippen molar-refractivity contribution in [2.24, 2.45) is 0 Å². The van der Waals surface area contributed by atoms with Gasteiger partial charge in [0.1, 0.15) is 11.6 Å². The van der Waals surface area contributed by atoms with Gasteiger partial charge < -0.3 is 4.74 Å². The third kappa shape index (κ3) is 2.58. The molecule has 0 aliphatic heterocycles. The second kappa shape index (κ2) is 5.51. The number of fused-ring (bicyclic) bond motifs is 1. The van der Waals surface area contributed by atoms with Crippen LogP contribution in [-0.4, -0.2) is 4.98 Å². The Kier molecular flexibility index (Phi) is 3.55. The molecule has 0 bridgehead atoms. The number of benzene rings is 2. The van der Waals surface area contributed by atoms with Gasteiger partial charge in [0.2, 0.25) is 0 Å². The molecule has 5 heteroatoms. The number of hydrogen-bond donors (Lipinski definition) is 0. The molecule has 0 radical (unpaired) electrons. The van der Waals surface area contributed by atoms with Crippen LogP contribution in [0.4, 0.5) is 4.39 Å². The van der Waals surface area contributed by atoms with Gasteiger partial charge >= 0.3 is 0 Å². The smallest absolute Gasteiger partial charge is 0.165 e. The van der Waals surface area contributed by atoms with Crippen molar-refractivity contribution in [1.82, 2.24) is 4.98 Å². The van der Waals surface area contributed by atoms with Crippen molar-refractivity contribution < 1.29 is 9.13 Å². The van der Waals surface area contributed by atoms with Crippen LogP contribution in [0.5, 0.6) is 11.5 Å². The zero-order valence-electron chi connectivity index (χ0n) is 10.7. The Morgan fingerprint density at radius 3 is 2.81 bits per heavy atom. The van der Waals surface area contributed by atoms with E-state index in [2.05, 4.69) is 20.9 Å². The molecule has 0 aliphatic carbocycles. The summed E-state index contributed by atoms with van der Waals surface area (Å²) < 4.78 is 20.2. The van der Waals surface area contributed by atoms with Crippen LogP contribution in [0.15, 0.2) is 53.1 Å². The Morgan fingerprint density at radius 2 is 2.00 bits per heavy atom. The van der Waals surface area contributed by atoms with Crippen LogP contribution in [0.3, 0.4) is 0 Å². The molecule has 1 aromatic heterocycles. The van der Waals surface area contributed by atoms with Gasteiger partial charge in [0, 0.05) is 16.1 Å². The van der Waals surface area contributed by atoms with E-state index in [4.69, 9.17) is 4.74 Å². The number of ether oxygens (including phenoxy) is 1. The molecule has 102 valence electrons. The maximum Gasteiger partial charge on any atom is 0.165 e. The highest BCUT2D eigenvalue weighted by Crippen LogP contribution is 2.34. The summed E-state index contributed by atoms with van der Waals surface area (Å²) >= 11 is 3.27. The molecule has 3 nitrogen and oxygen atoms in total. The fraction of sp³-hybridized carbons (Fsp3) is 0. The second-order valence-electron chi connectivity index (χ2n) is 4.31. The number of rotatable bonds is 2. The third-order valence-electron chi connectivity index (χ3n) is 2.95. The van der Waals surface area contributed by atoms with E-state index >= 15 is 0 Å². The lowest BCUT2D eigenvalue weighted by Crippen LogP contribution is -1.94. The van der Waals surface area contributed by atoms with Crippen LogP contribution in [0.2, 0.25) is 0 Å². The van der Waals surface area contributed by atoms with Crippen LogP contribution >= 0.6 is 15.9 Å². The molecule has 0 unspecified atom stereocenters. The molecule has 0 aliphatic rings. The maximum absolute atomic E-state index is 13.8. The first kappa shape index (κ1) is 13.5. The van der Waals surface area contributed by atoms with Gasteiger partial charge in [-0.05, 0) is 30.3 Å². The molecular formula is C16H8BrFN2O. The van der Waals surface area contributed by atoms with Crippen LogP contribution < -0.4 is 4.74 Å². The Bertz CT molecular complexity index is 874. The average Bonchev–Trinajstić information content (AvgIpc) is 2.51. The number of halogens is 2. The van der Waals surface area contributed by atoms with Gasteiger partial charge in [-0.15, -0.1) is 0 Å². The van der Waals surface area contributed by atoms with Crippen molar-refractivity contribution in [3.63, 3.8) is 0 Å². The van der Waals surface area contributed by atoms with Gasteiger partial charge in [-0.2, -0.15) is 5.26 Å². The molecule has 0 amide bonds. The van der Waals surface area contributed by atoms with Gasteiger partial charge in [0.05, 0.1) is 5.52 Å². The Labute approximate surface area is 128 Å². The number of nitriles is 1. The molecule has 0 spiro atoms. The van der Waals surface area contributed by atoms with Crippen molar-refractivity contribution in [3.8, 4) is 17.6 Å². The molecule has 0 saturated carbocycles. The third-order valence-corrected chi connectivity index (χ3v) is 3.45. The van der Waals surface area contributed by atoms with Crippen LogP contribution in [0.25, 0.3) is 10.9 Å². The quantitative estimate of drug-likeness (QED) is 0.671. The standard InChI is InChI=1S/C16H8BrFN2O/c17-11-5-6-13(18)15(7-11)21-16-10(8-19)9-20-14-4-2-1-3-12(14)16/h1-7,9H. The summed E-state index contributed by atoms with van der Waals surface area (Å²) in [5.74, 6) is -0.139. The summed E-state index contributed by atoms with van der Waals surface area (Å²) in [5.41, 5.74) is 0.940. The number of para-hydroxylation sites is 1. The first-order valence-electron chi connectivity index (χ1n) is 6.10. The van der Waals surface area contributed by atoms with E-state index in [9.17, 15) is 9.65 Å². The summed E-state index contributed by atoms with van der Waals surface area (Å²) in [5, 5.41) is 9.87. The minimum absolute atomic E-state index is 0.0530. The lowest BCUT2D eigenvalue weighted by Gasteiger charge is -2.11. The first-order chi connectivity index (χ1) is 10.2. The Balaban J connectivity index is 2.19. The predicted octanol–water partition coefficient (Wildman–Crippen LogP) is 4.80. The van der Waals surface area contributed by atoms with E-state index in [1.807, 2.05) is 18.2 Å². The van der Waals surface area contributed by atoms with Crippen molar-refractivity contribution in [3.05, 3.63) is 64.5 Å². The first-order valence-corrected chi connectivity index (χ1v) is 6.89. The summed E-state index contributed by atoms with van der Waals surface area (Å²) in [4.78, 5) is 4.19. The van der Waals surface area contributed by atoms with Gasteiger partial charge in [-0.1, -0.05) is 28.1 Å². The zero-order valence-corrected chi connectivity index (χ0v) is 12.3. The minimum atomic E-state index is -0.497. The molecule has 0 saturated heterocycles. The fourth-order valence-corrected chi connectivity index (χ4v) is 2.31. The fourth-order valence-electron chi connectivity index (χ4n) is 1.97. The highest BCUT2D eigenvalue weighted by molar-refractivity contribution is 9.10. The number of aromatic nitrogens is 1. The lowest BCUT2D eigenvalue weighted by molar-refractivity contribution is 0.444. The topological polar surface area (TPSA) is 45.9 Å². The molecular weight excluding hydrogens is 335 g/mol. The molecule has 2 aromatic carbocycles. The highest BCUT2D eigenvalue weighted by Gasteiger charge is 2.13. The lowest BCUT2D eigenvalue weighted by atomic mass is 10.1. The van der Waals surface area contributed by atoms with E-state index < -0.39 is 5.82 Å². The van der Waals surface area contributed by atoms with E-state index in [1.54, 1.807) is 18.2 Å². The van der Waals surface area contributed by atoms with Crippen LogP contribution in [-0.2, 0) is 0 Å². The molecule has 0 N–H and O–H groups in total. The van der Waals surface area contributed by atoms with E-state index in [0.717, 1.165) is 0 Å². The minimum Gasteiger partial charge on any atom is -0.452 e. The van der Waals surface area contributed by atoms with Crippen molar-refractivity contribution >= 4 is 26.8 Å². The van der Waals surface area contributed by atoms with Crippen molar-refractivity contribution in [2.45, 2.75) is 0 Å².